The lowest BCUT2D eigenvalue weighted by molar-refractivity contribution is 0.0526. The fourth-order valence-electron chi connectivity index (χ4n) is 1.33. The molecule has 1 aromatic rings. The second-order valence-corrected chi connectivity index (χ2v) is 4.73. The smallest absolute Gasteiger partial charge is 0.367 e. The van der Waals surface area contributed by atoms with Gasteiger partial charge in [0.2, 0.25) is 5.01 Å². The lowest BCUT2D eigenvalue weighted by Gasteiger charge is -2.15. The first kappa shape index (κ1) is 14.4. The van der Waals surface area contributed by atoms with Gasteiger partial charge in [-0.25, -0.2) is 9.78 Å². The van der Waals surface area contributed by atoms with Crippen LogP contribution in [-0.4, -0.2) is 42.0 Å². The van der Waals surface area contributed by atoms with Crippen LogP contribution in [-0.2, 0) is 4.74 Å². The number of thiazole rings is 1. The Morgan fingerprint density at radius 3 is 2.78 bits per heavy atom. The minimum atomic E-state index is -0.496. The Morgan fingerprint density at radius 1 is 1.56 bits per heavy atom. The van der Waals surface area contributed by atoms with Crippen molar-refractivity contribution in [2.75, 3.05) is 20.2 Å². The molecule has 0 fully saturated rings. The van der Waals surface area contributed by atoms with E-state index in [0.717, 1.165) is 16.9 Å². The number of rotatable bonds is 5. The van der Waals surface area contributed by atoms with E-state index in [-0.39, 0.29) is 23.2 Å². The second-order valence-electron chi connectivity index (χ2n) is 3.88. The average Bonchev–Trinajstić information content (AvgIpc) is 2.76. The SMILES string of the molecule is C=C(C)CN(C)C(=O)c1csc(C(=O)OCC)n1. The van der Waals surface area contributed by atoms with Crippen LogP contribution < -0.4 is 0 Å². The molecule has 0 spiro atoms. The third-order valence-corrected chi connectivity index (χ3v) is 2.85. The van der Waals surface area contributed by atoms with Crippen molar-refractivity contribution in [1.82, 2.24) is 9.88 Å². The van der Waals surface area contributed by atoms with Gasteiger partial charge in [-0.2, -0.15) is 0 Å². The predicted octanol–water partition coefficient (Wildman–Crippen LogP) is 1.97. The third kappa shape index (κ3) is 3.66. The molecule has 5 nitrogen and oxygen atoms in total. The Labute approximate surface area is 110 Å². The van der Waals surface area contributed by atoms with Crippen LogP contribution in [0.25, 0.3) is 0 Å². The third-order valence-electron chi connectivity index (χ3n) is 2.03. The van der Waals surface area contributed by atoms with Gasteiger partial charge in [0, 0.05) is 19.0 Å². The first-order chi connectivity index (χ1) is 8.45. The number of esters is 1. The van der Waals surface area contributed by atoms with Crippen LogP contribution in [0.5, 0.6) is 0 Å². The van der Waals surface area contributed by atoms with E-state index in [9.17, 15) is 9.59 Å². The molecule has 0 unspecified atom stereocenters. The summed E-state index contributed by atoms with van der Waals surface area (Å²) >= 11 is 1.11. The number of hydrogen-bond acceptors (Lipinski definition) is 5. The van der Waals surface area contributed by atoms with Crippen LogP contribution in [0, 0.1) is 0 Å². The molecule has 1 heterocycles. The fourth-order valence-corrected chi connectivity index (χ4v) is 2.01. The Kier molecular flexibility index (Phi) is 5.03. The molecule has 0 radical (unpaired) electrons. The van der Waals surface area contributed by atoms with Crippen LogP contribution in [0.1, 0.15) is 34.1 Å². The van der Waals surface area contributed by atoms with Gasteiger partial charge in [-0.15, -0.1) is 11.3 Å². The molecule has 0 bridgehead atoms. The molecule has 6 heteroatoms. The lowest BCUT2D eigenvalue weighted by Crippen LogP contribution is -2.28. The molecule has 0 saturated heterocycles. The van der Waals surface area contributed by atoms with Crippen molar-refractivity contribution in [1.29, 1.82) is 0 Å². The largest absolute Gasteiger partial charge is 0.461 e. The predicted molar refractivity (Wildman–Crippen MR) is 69.8 cm³/mol. The number of aromatic nitrogens is 1. The topological polar surface area (TPSA) is 59.5 Å². The number of carbonyl (C=O) groups excluding carboxylic acids is 2. The van der Waals surface area contributed by atoms with Crippen LogP contribution in [0.4, 0.5) is 0 Å². The van der Waals surface area contributed by atoms with Crippen molar-refractivity contribution in [2.45, 2.75) is 13.8 Å². The summed E-state index contributed by atoms with van der Waals surface area (Å²) in [6, 6.07) is 0. The van der Waals surface area contributed by atoms with Gasteiger partial charge in [0.1, 0.15) is 5.69 Å². The van der Waals surface area contributed by atoms with E-state index in [4.69, 9.17) is 4.74 Å². The van der Waals surface area contributed by atoms with Crippen LogP contribution in [0.15, 0.2) is 17.5 Å². The van der Waals surface area contributed by atoms with Crippen molar-refractivity contribution in [3.8, 4) is 0 Å². The van der Waals surface area contributed by atoms with E-state index in [1.54, 1.807) is 19.4 Å². The minimum absolute atomic E-state index is 0.198. The number of carbonyl (C=O) groups is 2. The zero-order chi connectivity index (χ0) is 13.7. The van der Waals surface area contributed by atoms with Gasteiger partial charge in [0.15, 0.2) is 0 Å². The fraction of sp³-hybridized carbons (Fsp3) is 0.417. The number of ether oxygens (including phenoxy) is 1. The van der Waals surface area contributed by atoms with E-state index >= 15 is 0 Å². The summed E-state index contributed by atoms with van der Waals surface area (Å²) in [6.07, 6.45) is 0. The van der Waals surface area contributed by atoms with Gasteiger partial charge in [0.05, 0.1) is 6.61 Å². The molecular formula is C12H16N2O3S. The second kappa shape index (κ2) is 6.30. The summed E-state index contributed by atoms with van der Waals surface area (Å²) in [6.45, 7) is 8.06. The van der Waals surface area contributed by atoms with E-state index in [1.807, 2.05) is 6.92 Å². The summed E-state index contributed by atoms with van der Waals surface area (Å²) in [5.74, 6) is -0.728. The summed E-state index contributed by atoms with van der Waals surface area (Å²) in [5, 5.41) is 1.76. The first-order valence-electron chi connectivity index (χ1n) is 5.48. The molecule has 98 valence electrons. The molecule has 0 aliphatic rings. The minimum Gasteiger partial charge on any atom is -0.461 e. The van der Waals surface area contributed by atoms with Crippen LogP contribution >= 0.6 is 11.3 Å². The monoisotopic (exact) mass is 268 g/mol. The Balaban J connectivity index is 2.76. The standard InChI is InChI=1S/C12H16N2O3S/c1-5-17-12(16)10-13-9(7-18-10)11(15)14(4)6-8(2)3/h7H,2,5-6H2,1,3-4H3. The summed E-state index contributed by atoms with van der Waals surface area (Å²) in [5.41, 5.74) is 1.14. The van der Waals surface area contributed by atoms with Gasteiger partial charge >= 0.3 is 5.97 Å². The maximum atomic E-state index is 12.0. The molecule has 0 aromatic carbocycles. The highest BCUT2D eigenvalue weighted by molar-refractivity contribution is 7.11. The maximum Gasteiger partial charge on any atom is 0.367 e. The molecule has 0 atom stereocenters. The Bertz CT molecular complexity index is 468. The zero-order valence-electron chi connectivity index (χ0n) is 10.7. The molecule has 1 aromatic heterocycles. The maximum absolute atomic E-state index is 12.0. The molecule has 18 heavy (non-hydrogen) atoms. The number of nitrogens with zero attached hydrogens (tertiary/aromatic N) is 2. The highest BCUT2D eigenvalue weighted by Gasteiger charge is 2.18. The van der Waals surface area contributed by atoms with E-state index in [2.05, 4.69) is 11.6 Å². The van der Waals surface area contributed by atoms with Gasteiger partial charge in [-0.3, -0.25) is 4.79 Å². The van der Waals surface area contributed by atoms with E-state index < -0.39 is 5.97 Å². The van der Waals surface area contributed by atoms with E-state index in [0.29, 0.717) is 6.54 Å². The highest BCUT2D eigenvalue weighted by Crippen LogP contribution is 2.13. The molecular weight excluding hydrogens is 252 g/mol. The first-order valence-corrected chi connectivity index (χ1v) is 6.36. The summed E-state index contributed by atoms with van der Waals surface area (Å²) in [7, 11) is 1.67. The molecule has 1 rings (SSSR count). The van der Waals surface area contributed by atoms with Gasteiger partial charge in [-0.05, 0) is 13.8 Å². The Morgan fingerprint density at radius 2 is 2.22 bits per heavy atom. The van der Waals surface area contributed by atoms with Crippen molar-refractivity contribution in [2.24, 2.45) is 0 Å². The quantitative estimate of drug-likeness (QED) is 0.605. The van der Waals surface area contributed by atoms with Gasteiger partial charge < -0.3 is 9.64 Å². The lowest BCUT2D eigenvalue weighted by atomic mass is 10.3. The van der Waals surface area contributed by atoms with Crippen molar-refractivity contribution < 1.29 is 14.3 Å². The Hall–Kier alpha value is -1.69. The molecule has 0 aliphatic heterocycles. The van der Waals surface area contributed by atoms with Crippen molar-refractivity contribution >= 4 is 23.2 Å². The summed E-state index contributed by atoms with van der Waals surface area (Å²) in [4.78, 5) is 28.9. The van der Waals surface area contributed by atoms with Gasteiger partial charge in [-0.1, -0.05) is 12.2 Å². The highest BCUT2D eigenvalue weighted by atomic mass is 32.1. The van der Waals surface area contributed by atoms with E-state index in [1.165, 1.54) is 4.90 Å². The van der Waals surface area contributed by atoms with Gasteiger partial charge in [0.25, 0.3) is 5.91 Å². The molecule has 1 amide bonds. The van der Waals surface area contributed by atoms with Crippen molar-refractivity contribution in [3.63, 3.8) is 0 Å². The number of amides is 1. The number of hydrogen-bond donors (Lipinski definition) is 0. The molecule has 0 N–H and O–H groups in total. The average molecular weight is 268 g/mol. The summed E-state index contributed by atoms with van der Waals surface area (Å²) < 4.78 is 4.82. The molecule has 0 aliphatic carbocycles. The van der Waals surface area contributed by atoms with Crippen molar-refractivity contribution in [3.05, 3.63) is 28.2 Å². The van der Waals surface area contributed by atoms with Crippen LogP contribution in [0.3, 0.4) is 0 Å². The number of likely N-dealkylation sites (N-methyl/N-ethyl adjacent to an activating group) is 1. The van der Waals surface area contributed by atoms with Crippen LogP contribution in [0.2, 0.25) is 0 Å². The molecule has 0 saturated carbocycles. The normalized spacial score (nSPS) is 9.94. The zero-order valence-corrected chi connectivity index (χ0v) is 11.5.